The Morgan fingerprint density at radius 2 is 2.14 bits per heavy atom. The van der Waals surface area contributed by atoms with E-state index < -0.39 is 5.97 Å². The first kappa shape index (κ1) is 15.8. The van der Waals surface area contributed by atoms with E-state index in [-0.39, 0.29) is 29.1 Å². The van der Waals surface area contributed by atoms with E-state index in [0.717, 1.165) is 17.3 Å². The Hall–Kier alpha value is -2.55. The van der Waals surface area contributed by atoms with E-state index in [1.54, 1.807) is 6.07 Å². The number of hydrogen-bond donors (Lipinski definition) is 2. The van der Waals surface area contributed by atoms with Gasteiger partial charge in [-0.15, -0.1) is 11.8 Å². The number of carboxylic acids is 1. The van der Waals surface area contributed by atoms with Crippen molar-refractivity contribution in [2.45, 2.75) is 11.4 Å². The van der Waals surface area contributed by atoms with Crippen molar-refractivity contribution in [3.8, 4) is 23.3 Å². The second-order valence-corrected chi connectivity index (χ2v) is 6.02. The van der Waals surface area contributed by atoms with Crippen molar-refractivity contribution < 1.29 is 9.90 Å². The average molecular weight is 330 g/mol. The second kappa shape index (κ2) is 6.94. The van der Waals surface area contributed by atoms with E-state index >= 15 is 0 Å². The first-order valence-corrected chi connectivity index (χ1v) is 8.02. The molecule has 0 saturated heterocycles. The van der Waals surface area contributed by atoms with Crippen LogP contribution in [-0.2, 0) is 4.79 Å². The number of nitrogens with two attached hydrogens (primary N) is 1. The summed E-state index contributed by atoms with van der Waals surface area (Å²) in [6, 6.07) is 5.85. The normalized spacial score (nSPS) is 9.91. The van der Waals surface area contributed by atoms with Crippen molar-refractivity contribution in [3.05, 3.63) is 28.0 Å². The molecule has 2 aromatic heterocycles. The number of aromatic nitrogens is 1. The molecule has 0 bridgehead atoms. The molecule has 0 aliphatic heterocycles. The Bertz CT molecular complexity index is 789. The smallest absolute Gasteiger partial charge is 0.304 e. The fourth-order valence-electron chi connectivity index (χ4n) is 1.83. The third kappa shape index (κ3) is 3.19. The number of nitrogens with zero attached hydrogens (tertiary/aromatic N) is 3. The first-order chi connectivity index (χ1) is 10.6. The highest BCUT2D eigenvalue weighted by atomic mass is 32.2. The summed E-state index contributed by atoms with van der Waals surface area (Å²) in [6.45, 7) is 0. The number of thiophene rings is 1. The molecule has 110 valence electrons. The van der Waals surface area contributed by atoms with Gasteiger partial charge in [0.1, 0.15) is 28.5 Å². The van der Waals surface area contributed by atoms with Crippen molar-refractivity contribution >= 4 is 34.9 Å². The minimum Gasteiger partial charge on any atom is -0.481 e. The van der Waals surface area contributed by atoms with E-state index in [0.29, 0.717) is 10.6 Å². The van der Waals surface area contributed by atoms with Gasteiger partial charge in [0, 0.05) is 11.3 Å². The quantitative estimate of drug-likeness (QED) is 0.807. The van der Waals surface area contributed by atoms with Crippen LogP contribution in [0, 0.1) is 22.7 Å². The van der Waals surface area contributed by atoms with Gasteiger partial charge in [0.05, 0.1) is 12.0 Å². The van der Waals surface area contributed by atoms with Crippen LogP contribution >= 0.6 is 23.1 Å². The van der Waals surface area contributed by atoms with Crippen LogP contribution in [0.4, 0.5) is 5.82 Å². The van der Waals surface area contributed by atoms with Gasteiger partial charge < -0.3 is 10.8 Å². The van der Waals surface area contributed by atoms with Gasteiger partial charge in [-0.3, -0.25) is 4.79 Å². The van der Waals surface area contributed by atoms with Gasteiger partial charge in [0.15, 0.2) is 0 Å². The zero-order chi connectivity index (χ0) is 16.1. The van der Waals surface area contributed by atoms with Gasteiger partial charge in [-0.25, -0.2) is 4.98 Å². The van der Waals surface area contributed by atoms with Crippen LogP contribution in [0.25, 0.3) is 11.1 Å². The molecule has 8 heteroatoms. The number of carbonyl (C=O) groups is 1. The summed E-state index contributed by atoms with van der Waals surface area (Å²) in [7, 11) is 0. The van der Waals surface area contributed by atoms with Crippen molar-refractivity contribution in [1.29, 1.82) is 10.5 Å². The van der Waals surface area contributed by atoms with Crippen molar-refractivity contribution in [2.24, 2.45) is 0 Å². The van der Waals surface area contributed by atoms with Gasteiger partial charge >= 0.3 is 5.97 Å². The molecule has 0 radical (unpaired) electrons. The summed E-state index contributed by atoms with van der Waals surface area (Å²) in [5.74, 6) is -0.614. The molecule has 0 aliphatic carbocycles. The van der Waals surface area contributed by atoms with Gasteiger partial charge in [0.2, 0.25) is 0 Å². The monoisotopic (exact) mass is 330 g/mol. The standard InChI is InChI=1S/C14H10N4O2S2/c15-5-9-12(8-1-3-21-7-8)10(6-16)14(18-13(9)17)22-4-2-11(19)20/h1,3,7H,2,4H2,(H2,17,18)(H,19,20). The van der Waals surface area contributed by atoms with E-state index in [4.69, 9.17) is 10.8 Å². The van der Waals surface area contributed by atoms with E-state index in [9.17, 15) is 15.3 Å². The number of carboxylic acid groups (broad SMARTS) is 1. The highest BCUT2D eigenvalue weighted by Crippen LogP contribution is 2.36. The predicted octanol–water partition coefficient (Wildman–Crippen LogP) is 2.70. The Kier molecular flexibility index (Phi) is 4.99. The number of nitrogen functional groups attached to an aromatic ring is 1. The van der Waals surface area contributed by atoms with Crippen LogP contribution in [-0.4, -0.2) is 21.8 Å². The molecule has 0 aromatic carbocycles. The molecule has 6 nitrogen and oxygen atoms in total. The van der Waals surface area contributed by atoms with Crippen LogP contribution in [0.5, 0.6) is 0 Å². The maximum Gasteiger partial charge on any atom is 0.304 e. The number of nitriles is 2. The van der Waals surface area contributed by atoms with E-state index in [1.165, 1.54) is 11.3 Å². The summed E-state index contributed by atoms with van der Waals surface area (Å²) < 4.78 is 0. The molecule has 3 N–H and O–H groups in total. The zero-order valence-electron chi connectivity index (χ0n) is 11.2. The number of anilines is 1. The largest absolute Gasteiger partial charge is 0.481 e. The van der Waals surface area contributed by atoms with E-state index in [1.807, 2.05) is 16.8 Å². The lowest BCUT2D eigenvalue weighted by Gasteiger charge is -2.11. The van der Waals surface area contributed by atoms with Crippen LogP contribution in [0.1, 0.15) is 17.5 Å². The third-order valence-electron chi connectivity index (χ3n) is 2.78. The minimum absolute atomic E-state index is 0.0422. The molecule has 0 atom stereocenters. The summed E-state index contributed by atoms with van der Waals surface area (Å²) in [5, 5.41) is 31.5. The van der Waals surface area contributed by atoms with Crippen molar-refractivity contribution in [3.63, 3.8) is 0 Å². The molecule has 0 aliphatic rings. The van der Waals surface area contributed by atoms with Crippen LogP contribution in [0.2, 0.25) is 0 Å². The molecule has 0 saturated carbocycles. The van der Waals surface area contributed by atoms with Crippen LogP contribution in [0.3, 0.4) is 0 Å². The Morgan fingerprint density at radius 3 is 2.68 bits per heavy atom. The first-order valence-electron chi connectivity index (χ1n) is 6.09. The van der Waals surface area contributed by atoms with Crippen molar-refractivity contribution in [2.75, 3.05) is 11.5 Å². The summed E-state index contributed by atoms with van der Waals surface area (Å²) in [5.41, 5.74) is 7.42. The maximum atomic E-state index is 10.6. The molecule has 2 aromatic rings. The fourth-order valence-corrected chi connectivity index (χ4v) is 3.40. The Morgan fingerprint density at radius 1 is 1.41 bits per heavy atom. The Labute approximate surface area is 134 Å². The summed E-state index contributed by atoms with van der Waals surface area (Å²) >= 11 is 2.59. The minimum atomic E-state index is -0.925. The molecular formula is C14H10N4O2S2. The number of rotatable bonds is 5. The molecule has 2 rings (SSSR count). The van der Waals surface area contributed by atoms with Gasteiger partial charge in [0.25, 0.3) is 0 Å². The molecule has 0 unspecified atom stereocenters. The summed E-state index contributed by atoms with van der Waals surface area (Å²) in [6.07, 6.45) is -0.0507. The fraction of sp³-hybridized carbons (Fsp3) is 0.143. The van der Waals surface area contributed by atoms with Crippen LogP contribution in [0.15, 0.2) is 21.9 Å². The maximum absolute atomic E-state index is 10.6. The number of hydrogen-bond acceptors (Lipinski definition) is 7. The summed E-state index contributed by atoms with van der Waals surface area (Å²) in [4.78, 5) is 14.7. The highest BCUT2D eigenvalue weighted by molar-refractivity contribution is 7.99. The third-order valence-corrected chi connectivity index (χ3v) is 4.44. The highest BCUT2D eigenvalue weighted by Gasteiger charge is 2.20. The lowest BCUT2D eigenvalue weighted by molar-refractivity contribution is -0.136. The number of thioether (sulfide) groups is 1. The molecule has 0 amide bonds. The van der Waals surface area contributed by atoms with Crippen molar-refractivity contribution in [1.82, 2.24) is 4.98 Å². The second-order valence-electron chi connectivity index (χ2n) is 4.16. The molecular weight excluding hydrogens is 320 g/mol. The molecule has 22 heavy (non-hydrogen) atoms. The molecule has 2 heterocycles. The van der Waals surface area contributed by atoms with Gasteiger partial charge in [-0.1, -0.05) is 0 Å². The predicted molar refractivity (Wildman–Crippen MR) is 84.4 cm³/mol. The topological polar surface area (TPSA) is 124 Å². The van der Waals surface area contributed by atoms with Crippen LogP contribution < -0.4 is 5.73 Å². The lowest BCUT2D eigenvalue weighted by atomic mass is 9.99. The number of aliphatic carboxylic acids is 1. The van der Waals surface area contributed by atoms with E-state index in [2.05, 4.69) is 11.1 Å². The average Bonchev–Trinajstić information content (AvgIpc) is 3.00. The van der Waals surface area contributed by atoms with Gasteiger partial charge in [-0.05, 0) is 22.4 Å². The zero-order valence-corrected chi connectivity index (χ0v) is 12.9. The SMILES string of the molecule is N#Cc1c(N)nc(SCCC(=O)O)c(C#N)c1-c1ccsc1. The van der Waals surface area contributed by atoms with Gasteiger partial charge in [-0.2, -0.15) is 21.9 Å². The molecule has 0 fully saturated rings. The molecule has 0 spiro atoms. The lowest BCUT2D eigenvalue weighted by Crippen LogP contribution is -2.04. The number of pyridine rings is 1. The Balaban J connectivity index is 2.55.